The fraction of sp³-hybridized carbons (Fsp3) is 0.529. The first-order valence-corrected chi connectivity index (χ1v) is 8.01. The number of carboxylic acid groups (broad SMARTS) is 1. The Balaban J connectivity index is 2.15. The molecule has 2 rings (SSSR count). The van der Waals surface area contributed by atoms with Gasteiger partial charge in [0.25, 0.3) is 0 Å². The van der Waals surface area contributed by atoms with Crippen molar-refractivity contribution < 1.29 is 28.6 Å². The van der Waals surface area contributed by atoms with Gasteiger partial charge in [-0.05, 0) is 37.5 Å². The van der Waals surface area contributed by atoms with Crippen LogP contribution in [0.1, 0.15) is 31.4 Å². The second-order valence-corrected chi connectivity index (χ2v) is 5.72. The molecule has 0 radical (unpaired) electrons. The van der Waals surface area contributed by atoms with Crippen LogP contribution in [0.25, 0.3) is 0 Å². The highest BCUT2D eigenvalue weighted by Gasteiger charge is 2.31. The molecule has 24 heavy (non-hydrogen) atoms. The summed E-state index contributed by atoms with van der Waals surface area (Å²) in [7, 11) is 0. The average molecular weight is 339 g/mol. The predicted octanol–water partition coefficient (Wildman–Crippen LogP) is 2.84. The minimum absolute atomic E-state index is 0.147. The van der Waals surface area contributed by atoms with E-state index in [4.69, 9.17) is 9.47 Å². The maximum Gasteiger partial charge on any atom is 0.407 e. The largest absolute Gasteiger partial charge is 0.465 e. The maximum absolute atomic E-state index is 13.6. The van der Waals surface area contributed by atoms with Crippen molar-refractivity contribution >= 4 is 12.1 Å². The van der Waals surface area contributed by atoms with Crippen molar-refractivity contribution in [3.8, 4) is 0 Å². The average Bonchev–Trinajstić information content (AvgIpc) is 2.55. The molecule has 0 aliphatic carbocycles. The van der Waals surface area contributed by atoms with Crippen LogP contribution in [0.15, 0.2) is 24.3 Å². The molecule has 1 saturated heterocycles. The van der Waals surface area contributed by atoms with Gasteiger partial charge < -0.3 is 19.5 Å². The van der Waals surface area contributed by atoms with Gasteiger partial charge in [-0.25, -0.2) is 14.0 Å². The van der Waals surface area contributed by atoms with Crippen molar-refractivity contribution in [1.82, 2.24) is 4.90 Å². The van der Waals surface area contributed by atoms with Crippen molar-refractivity contribution in [2.45, 2.75) is 25.9 Å². The zero-order valence-corrected chi connectivity index (χ0v) is 13.6. The lowest BCUT2D eigenvalue weighted by atomic mass is 9.88. The minimum Gasteiger partial charge on any atom is -0.465 e. The number of benzene rings is 1. The third kappa shape index (κ3) is 4.92. The van der Waals surface area contributed by atoms with Crippen LogP contribution in [0.4, 0.5) is 9.18 Å². The summed E-state index contributed by atoms with van der Waals surface area (Å²) in [4.78, 5) is 24.1. The van der Waals surface area contributed by atoms with Gasteiger partial charge in [0.05, 0.1) is 12.7 Å². The summed E-state index contributed by atoms with van der Waals surface area (Å²) in [6.07, 6.45) is -0.102. The number of halogens is 1. The van der Waals surface area contributed by atoms with E-state index in [2.05, 4.69) is 0 Å². The number of likely N-dealkylation sites (tertiary alicyclic amines) is 1. The standard InChI is InChI=1S/C17H22FNO5/c1-2-23-15(20)11-24-16(12-5-3-7-14(18)9-12)13-6-4-8-19(10-13)17(21)22/h3,5,7,9,13,16H,2,4,6,8,10-11H2,1H3,(H,21,22)/t13?,16-/m0/s1. The number of ether oxygens (including phenoxy) is 2. The fourth-order valence-corrected chi connectivity index (χ4v) is 2.98. The van der Waals surface area contributed by atoms with Gasteiger partial charge in [-0.15, -0.1) is 0 Å². The van der Waals surface area contributed by atoms with E-state index in [9.17, 15) is 19.1 Å². The minimum atomic E-state index is -0.983. The summed E-state index contributed by atoms with van der Waals surface area (Å²) in [5.74, 6) is -1.04. The molecule has 0 saturated carbocycles. The van der Waals surface area contributed by atoms with Crippen molar-refractivity contribution in [3.63, 3.8) is 0 Å². The summed E-state index contributed by atoms with van der Waals surface area (Å²) in [5.41, 5.74) is 0.594. The Labute approximate surface area is 140 Å². The molecule has 1 heterocycles. The number of nitrogens with zero attached hydrogens (tertiary/aromatic N) is 1. The van der Waals surface area contributed by atoms with Crippen molar-refractivity contribution in [3.05, 3.63) is 35.6 Å². The highest BCUT2D eigenvalue weighted by molar-refractivity contribution is 5.70. The number of amides is 1. The van der Waals surface area contributed by atoms with E-state index < -0.39 is 24.0 Å². The third-order valence-corrected chi connectivity index (χ3v) is 4.02. The highest BCUT2D eigenvalue weighted by atomic mass is 19.1. The molecular formula is C17H22FNO5. The molecule has 1 amide bonds. The molecule has 1 N–H and O–H groups in total. The monoisotopic (exact) mass is 339 g/mol. The lowest BCUT2D eigenvalue weighted by Crippen LogP contribution is -2.41. The number of esters is 1. The van der Waals surface area contributed by atoms with Crippen LogP contribution in [0, 0.1) is 11.7 Å². The van der Waals surface area contributed by atoms with E-state index in [1.54, 1.807) is 19.1 Å². The van der Waals surface area contributed by atoms with Crippen molar-refractivity contribution in [2.24, 2.45) is 5.92 Å². The Bertz CT molecular complexity index is 580. The van der Waals surface area contributed by atoms with Crippen LogP contribution in [0.5, 0.6) is 0 Å². The van der Waals surface area contributed by atoms with Gasteiger partial charge in [-0.3, -0.25) is 0 Å². The molecule has 1 fully saturated rings. The first-order valence-electron chi connectivity index (χ1n) is 8.01. The van der Waals surface area contributed by atoms with Gasteiger partial charge in [0.2, 0.25) is 0 Å². The van der Waals surface area contributed by atoms with Crippen LogP contribution in [-0.2, 0) is 14.3 Å². The molecule has 1 aliphatic heterocycles. The molecule has 1 aromatic rings. The number of hydrogen-bond acceptors (Lipinski definition) is 4. The number of carbonyl (C=O) groups excluding carboxylic acids is 1. The van der Waals surface area contributed by atoms with E-state index in [0.717, 1.165) is 6.42 Å². The maximum atomic E-state index is 13.6. The van der Waals surface area contributed by atoms with E-state index in [0.29, 0.717) is 25.1 Å². The Hall–Kier alpha value is -2.15. The normalized spacial score (nSPS) is 18.9. The van der Waals surface area contributed by atoms with Crippen molar-refractivity contribution in [1.29, 1.82) is 0 Å². The molecule has 6 nitrogen and oxygen atoms in total. The first kappa shape index (κ1) is 18.2. The smallest absolute Gasteiger partial charge is 0.407 e. The first-order chi connectivity index (χ1) is 11.5. The number of rotatable bonds is 6. The van der Waals surface area contributed by atoms with E-state index in [-0.39, 0.29) is 19.1 Å². The van der Waals surface area contributed by atoms with Gasteiger partial charge in [-0.2, -0.15) is 0 Å². The van der Waals surface area contributed by atoms with Crippen molar-refractivity contribution in [2.75, 3.05) is 26.3 Å². The molecular weight excluding hydrogens is 317 g/mol. The molecule has 0 spiro atoms. The zero-order chi connectivity index (χ0) is 17.5. The lowest BCUT2D eigenvalue weighted by Gasteiger charge is -2.35. The third-order valence-electron chi connectivity index (χ3n) is 4.02. The van der Waals surface area contributed by atoms with Gasteiger partial charge in [0.1, 0.15) is 12.4 Å². The Morgan fingerprint density at radius 2 is 2.25 bits per heavy atom. The van der Waals surface area contributed by atoms with Crippen LogP contribution < -0.4 is 0 Å². The topological polar surface area (TPSA) is 76.1 Å². The van der Waals surface area contributed by atoms with Crippen LogP contribution in [0.3, 0.4) is 0 Å². The number of hydrogen-bond donors (Lipinski definition) is 1. The second-order valence-electron chi connectivity index (χ2n) is 5.72. The van der Waals surface area contributed by atoms with Crippen LogP contribution in [0.2, 0.25) is 0 Å². The zero-order valence-electron chi connectivity index (χ0n) is 13.6. The molecule has 1 aliphatic rings. The Kier molecular flexibility index (Phi) is 6.54. The van der Waals surface area contributed by atoms with Gasteiger partial charge in [-0.1, -0.05) is 12.1 Å². The van der Waals surface area contributed by atoms with E-state index in [1.807, 2.05) is 0 Å². The second kappa shape index (κ2) is 8.63. The molecule has 2 atom stereocenters. The van der Waals surface area contributed by atoms with Gasteiger partial charge >= 0.3 is 12.1 Å². The van der Waals surface area contributed by atoms with E-state index >= 15 is 0 Å². The summed E-state index contributed by atoms with van der Waals surface area (Å²) in [6, 6.07) is 5.98. The molecule has 0 aromatic heterocycles. The van der Waals surface area contributed by atoms with Gasteiger partial charge in [0.15, 0.2) is 0 Å². The summed E-state index contributed by atoms with van der Waals surface area (Å²) >= 11 is 0. The van der Waals surface area contributed by atoms with E-state index in [1.165, 1.54) is 17.0 Å². The Morgan fingerprint density at radius 3 is 2.92 bits per heavy atom. The number of piperidine rings is 1. The van der Waals surface area contributed by atoms with Crippen LogP contribution in [-0.4, -0.2) is 48.4 Å². The highest BCUT2D eigenvalue weighted by Crippen LogP contribution is 2.33. The molecule has 7 heteroatoms. The lowest BCUT2D eigenvalue weighted by molar-refractivity contribution is -0.152. The Morgan fingerprint density at radius 1 is 1.46 bits per heavy atom. The predicted molar refractivity (Wildman–Crippen MR) is 84.0 cm³/mol. The number of carbonyl (C=O) groups is 2. The fourth-order valence-electron chi connectivity index (χ4n) is 2.98. The SMILES string of the molecule is CCOC(=O)CO[C@@H](c1cccc(F)c1)C1CCCN(C(=O)O)C1. The quantitative estimate of drug-likeness (QED) is 0.807. The summed E-state index contributed by atoms with van der Waals surface area (Å²) in [6.45, 7) is 2.47. The molecule has 1 unspecified atom stereocenters. The molecule has 1 aromatic carbocycles. The molecule has 132 valence electrons. The van der Waals surface area contributed by atoms with Gasteiger partial charge in [0, 0.05) is 19.0 Å². The van der Waals surface area contributed by atoms with Crippen LogP contribution >= 0.6 is 0 Å². The summed E-state index contributed by atoms with van der Waals surface area (Å²) < 4.78 is 24.1. The molecule has 0 bridgehead atoms. The summed E-state index contributed by atoms with van der Waals surface area (Å²) in [5, 5.41) is 9.19.